The van der Waals surface area contributed by atoms with Crippen molar-refractivity contribution >= 4 is 38.9 Å². The second-order valence-corrected chi connectivity index (χ2v) is 9.52. The van der Waals surface area contributed by atoms with Crippen molar-refractivity contribution in [3.05, 3.63) is 46.7 Å². The third kappa shape index (κ3) is 5.63. The highest BCUT2D eigenvalue weighted by atomic mass is 32.2. The number of hydrogen-bond acceptors (Lipinski definition) is 6. The molecule has 10 heteroatoms. The molecule has 1 aromatic heterocycles. The molecule has 156 valence electrons. The fraction of sp³-hybridized carbons (Fsp3) is 0.368. The van der Waals surface area contributed by atoms with Crippen LogP contribution < -0.4 is 10.6 Å². The van der Waals surface area contributed by atoms with E-state index in [2.05, 4.69) is 15.5 Å². The molecule has 0 spiro atoms. The molecule has 1 aliphatic rings. The zero-order valence-electron chi connectivity index (χ0n) is 16.1. The maximum Gasteiger partial charge on any atom is 0.252 e. The summed E-state index contributed by atoms with van der Waals surface area (Å²) in [6.07, 6.45) is 0.122. The van der Waals surface area contributed by atoms with Crippen LogP contribution in [0.3, 0.4) is 0 Å². The number of amides is 2. The van der Waals surface area contributed by atoms with Crippen LogP contribution in [0.4, 0.5) is 5.69 Å². The van der Waals surface area contributed by atoms with Crippen LogP contribution in [0, 0.1) is 0 Å². The lowest BCUT2D eigenvalue weighted by atomic mass is 10.3. The first-order valence-electron chi connectivity index (χ1n) is 9.25. The molecule has 2 aromatic rings. The summed E-state index contributed by atoms with van der Waals surface area (Å²) in [6.45, 7) is 2.56. The summed E-state index contributed by atoms with van der Waals surface area (Å²) in [5, 5.41) is 8.96. The van der Waals surface area contributed by atoms with Gasteiger partial charge in [0.15, 0.2) is 0 Å². The van der Waals surface area contributed by atoms with Crippen molar-refractivity contribution in [1.29, 1.82) is 0 Å². The zero-order chi connectivity index (χ0) is 20.9. The van der Waals surface area contributed by atoms with Crippen LogP contribution in [-0.2, 0) is 14.8 Å². The topological polar surface area (TPSA) is 98.8 Å². The molecule has 0 saturated carbocycles. The molecule has 0 unspecified atom stereocenters. The highest BCUT2D eigenvalue weighted by Crippen LogP contribution is 2.19. The Morgan fingerprint density at radius 1 is 1.07 bits per heavy atom. The summed E-state index contributed by atoms with van der Waals surface area (Å²) in [5.74, 6) is -0.470. The van der Waals surface area contributed by atoms with E-state index < -0.39 is 10.0 Å². The van der Waals surface area contributed by atoms with Gasteiger partial charge in [-0.2, -0.15) is 15.6 Å². The smallest absolute Gasteiger partial charge is 0.252 e. The van der Waals surface area contributed by atoms with E-state index in [-0.39, 0.29) is 29.7 Å². The SMILES string of the molecule is CN1CCN(S(=O)(=O)c2ccc(NC(=O)CCNC(=O)c3ccsc3)cc2)CC1. The molecule has 1 saturated heterocycles. The predicted molar refractivity (Wildman–Crippen MR) is 113 cm³/mol. The molecule has 2 heterocycles. The monoisotopic (exact) mass is 436 g/mol. The fourth-order valence-corrected chi connectivity index (χ4v) is 4.95. The van der Waals surface area contributed by atoms with E-state index in [1.165, 1.54) is 27.8 Å². The number of piperazine rings is 1. The van der Waals surface area contributed by atoms with Crippen molar-refractivity contribution < 1.29 is 18.0 Å². The Morgan fingerprint density at radius 2 is 1.76 bits per heavy atom. The number of rotatable bonds is 7. The van der Waals surface area contributed by atoms with E-state index in [4.69, 9.17) is 0 Å². The third-order valence-electron chi connectivity index (χ3n) is 4.66. The van der Waals surface area contributed by atoms with Crippen LogP contribution in [0.1, 0.15) is 16.8 Å². The minimum Gasteiger partial charge on any atom is -0.351 e. The number of carbonyl (C=O) groups is 2. The number of anilines is 1. The van der Waals surface area contributed by atoms with Crippen molar-refractivity contribution in [2.75, 3.05) is 45.1 Å². The van der Waals surface area contributed by atoms with Gasteiger partial charge in [-0.3, -0.25) is 9.59 Å². The van der Waals surface area contributed by atoms with Gasteiger partial charge >= 0.3 is 0 Å². The standard InChI is InChI=1S/C19H24N4O4S2/c1-22-9-11-23(12-10-22)29(26,27)17-4-2-16(3-5-17)21-18(24)6-8-20-19(25)15-7-13-28-14-15/h2-5,7,13-14H,6,8-12H2,1H3,(H,20,25)(H,21,24). The Morgan fingerprint density at radius 3 is 2.38 bits per heavy atom. The first kappa shape index (κ1) is 21.4. The number of likely N-dealkylation sites (N-methyl/N-ethyl adjacent to an activating group) is 1. The fourth-order valence-electron chi connectivity index (χ4n) is 2.90. The molecule has 3 rings (SSSR count). The molecule has 0 bridgehead atoms. The molecule has 2 N–H and O–H groups in total. The summed E-state index contributed by atoms with van der Waals surface area (Å²) < 4.78 is 26.9. The molecule has 29 heavy (non-hydrogen) atoms. The van der Waals surface area contributed by atoms with Crippen molar-refractivity contribution in [1.82, 2.24) is 14.5 Å². The van der Waals surface area contributed by atoms with Crippen molar-refractivity contribution in [3.63, 3.8) is 0 Å². The van der Waals surface area contributed by atoms with Gasteiger partial charge < -0.3 is 15.5 Å². The van der Waals surface area contributed by atoms with Crippen LogP contribution in [0.5, 0.6) is 0 Å². The van der Waals surface area contributed by atoms with Gasteiger partial charge in [-0.25, -0.2) is 8.42 Å². The van der Waals surface area contributed by atoms with Crippen LogP contribution in [-0.4, -0.2) is 69.2 Å². The van der Waals surface area contributed by atoms with Gasteiger partial charge in [0.2, 0.25) is 15.9 Å². The zero-order valence-corrected chi connectivity index (χ0v) is 17.8. The van der Waals surface area contributed by atoms with Gasteiger partial charge in [0.05, 0.1) is 4.90 Å². The number of nitrogens with one attached hydrogen (secondary N) is 2. The minimum absolute atomic E-state index is 0.122. The maximum absolute atomic E-state index is 12.7. The normalized spacial score (nSPS) is 15.8. The van der Waals surface area contributed by atoms with E-state index in [1.807, 2.05) is 12.4 Å². The minimum atomic E-state index is -3.53. The van der Waals surface area contributed by atoms with Crippen LogP contribution in [0.15, 0.2) is 46.0 Å². The Labute approximate surface area is 174 Å². The third-order valence-corrected chi connectivity index (χ3v) is 7.26. The average Bonchev–Trinajstić information content (AvgIpc) is 3.24. The van der Waals surface area contributed by atoms with Gasteiger partial charge in [0, 0.05) is 55.8 Å². The van der Waals surface area contributed by atoms with Gasteiger partial charge in [-0.1, -0.05) is 0 Å². The first-order chi connectivity index (χ1) is 13.9. The van der Waals surface area contributed by atoms with Crippen LogP contribution in [0.2, 0.25) is 0 Å². The predicted octanol–water partition coefficient (Wildman–Crippen LogP) is 1.44. The molecular formula is C19H24N4O4S2. The quantitative estimate of drug-likeness (QED) is 0.684. The number of sulfonamides is 1. The van der Waals surface area contributed by atoms with E-state index in [0.717, 1.165) is 0 Å². The summed E-state index contributed by atoms with van der Waals surface area (Å²) in [4.78, 5) is 26.2. The summed E-state index contributed by atoms with van der Waals surface area (Å²) in [5.41, 5.74) is 1.09. The van der Waals surface area contributed by atoms with E-state index >= 15 is 0 Å². The van der Waals surface area contributed by atoms with Gasteiger partial charge in [0.25, 0.3) is 5.91 Å². The Balaban J connectivity index is 1.49. The van der Waals surface area contributed by atoms with Crippen molar-refractivity contribution in [2.24, 2.45) is 0 Å². The number of carbonyl (C=O) groups excluding carboxylic acids is 2. The second-order valence-electron chi connectivity index (χ2n) is 6.80. The molecule has 1 aliphatic heterocycles. The first-order valence-corrected chi connectivity index (χ1v) is 11.6. The molecule has 2 amide bonds. The Hall–Kier alpha value is -2.27. The average molecular weight is 437 g/mol. The molecular weight excluding hydrogens is 412 g/mol. The lowest BCUT2D eigenvalue weighted by Gasteiger charge is -2.31. The summed E-state index contributed by atoms with van der Waals surface area (Å²) in [6, 6.07) is 7.87. The van der Waals surface area contributed by atoms with Crippen molar-refractivity contribution in [3.8, 4) is 0 Å². The Bertz CT molecular complexity index is 935. The van der Waals surface area contributed by atoms with Gasteiger partial charge in [0.1, 0.15) is 0 Å². The molecule has 0 atom stereocenters. The van der Waals surface area contributed by atoms with Crippen molar-refractivity contribution in [2.45, 2.75) is 11.3 Å². The van der Waals surface area contributed by atoms with Gasteiger partial charge in [-0.15, -0.1) is 0 Å². The van der Waals surface area contributed by atoms with E-state index in [9.17, 15) is 18.0 Å². The summed E-state index contributed by atoms with van der Waals surface area (Å²) >= 11 is 1.43. The van der Waals surface area contributed by atoms with E-state index in [1.54, 1.807) is 23.6 Å². The highest BCUT2D eigenvalue weighted by molar-refractivity contribution is 7.89. The largest absolute Gasteiger partial charge is 0.351 e. The molecule has 8 nitrogen and oxygen atoms in total. The molecule has 1 aromatic carbocycles. The maximum atomic E-state index is 12.7. The lowest BCUT2D eigenvalue weighted by molar-refractivity contribution is -0.116. The Kier molecular flexibility index (Phi) is 7.01. The number of nitrogens with zero attached hydrogens (tertiary/aromatic N) is 2. The second kappa shape index (κ2) is 9.49. The van der Waals surface area contributed by atoms with Crippen LogP contribution >= 0.6 is 11.3 Å². The molecule has 0 aliphatic carbocycles. The highest BCUT2D eigenvalue weighted by Gasteiger charge is 2.27. The summed E-state index contributed by atoms with van der Waals surface area (Å²) in [7, 11) is -1.56. The van der Waals surface area contributed by atoms with Gasteiger partial charge in [-0.05, 0) is 42.8 Å². The number of thiophene rings is 1. The number of benzene rings is 1. The van der Waals surface area contributed by atoms with Crippen LogP contribution in [0.25, 0.3) is 0 Å². The molecule has 0 radical (unpaired) electrons. The van der Waals surface area contributed by atoms with E-state index in [0.29, 0.717) is 37.4 Å². The molecule has 1 fully saturated rings. The lowest BCUT2D eigenvalue weighted by Crippen LogP contribution is -2.46. The number of hydrogen-bond donors (Lipinski definition) is 2.